The van der Waals surface area contributed by atoms with Gasteiger partial charge in [-0.05, 0) is 128 Å². The van der Waals surface area contributed by atoms with Crippen molar-refractivity contribution in [2.75, 3.05) is 4.90 Å². The monoisotopic (exact) mass is 829 g/mol. The van der Waals surface area contributed by atoms with Crippen LogP contribution in [0.15, 0.2) is 247 Å². The van der Waals surface area contributed by atoms with Crippen molar-refractivity contribution in [3.05, 3.63) is 282 Å². The van der Waals surface area contributed by atoms with Gasteiger partial charge >= 0.3 is 0 Å². The minimum absolute atomic E-state index is 0.357. The van der Waals surface area contributed by atoms with Crippen LogP contribution < -0.4 is 4.90 Å². The molecule has 0 fully saturated rings. The predicted molar refractivity (Wildman–Crippen MR) is 269 cm³/mol. The third kappa shape index (κ3) is 5.41. The van der Waals surface area contributed by atoms with E-state index in [4.69, 9.17) is 4.42 Å². The largest absolute Gasteiger partial charge is 0.456 e. The third-order valence-electron chi connectivity index (χ3n) is 14.4. The van der Waals surface area contributed by atoms with Gasteiger partial charge < -0.3 is 9.32 Å². The van der Waals surface area contributed by atoms with E-state index >= 15 is 0 Å². The van der Waals surface area contributed by atoms with Crippen molar-refractivity contribution in [2.24, 2.45) is 0 Å². The molecular weight excluding hydrogens is 787 g/mol. The molecule has 0 radical (unpaired) electrons. The summed E-state index contributed by atoms with van der Waals surface area (Å²) in [5.74, 6) is 0. The first-order chi connectivity index (χ1) is 32.1. The maximum Gasteiger partial charge on any atom is 0.136 e. The molecule has 10 aromatic carbocycles. The van der Waals surface area contributed by atoms with Crippen LogP contribution >= 0.6 is 0 Å². The zero-order chi connectivity index (χ0) is 43.1. The Balaban J connectivity index is 1.08. The van der Waals surface area contributed by atoms with Crippen LogP contribution in [0.4, 0.5) is 17.1 Å². The van der Waals surface area contributed by atoms with Gasteiger partial charge in [0, 0.05) is 33.2 Å². The number of benzene rings is 10. The molecule has 306 valence electrons. The average molecular weight is 830 g/mol. The predicted octanol–water partition coefficient (Wildman–Crippen LogP) is 16.4. The molecule has 0 spiro atoms. The van der Waals surface area contributed by atoms with E-state index < -0.39 is 5.41 Å². The molecule has 2 aliphatic carbocycles. The van der Waals surface area contributed by atoms with Crippen LogP contribution in [-0.2, 0) is 10.8 Å². The molecule has 2 nitrogen and oxygen atoms in total. The van der Waals surface area contributed by atoms with Crippen molar-refractivity contribution >= 4 is 39.0 Å². The van der Waals surface area contributed by atoms with Gasteiger partial charge in [0.15, 0.2) is 0 Å². The summed E-state index contributed by atoms with van der Waals surface area (Å²) >= 11 is 0. The molecule has 0 amide bonds. The van der Waals surface area contributed by atoms with Gasteiger partial charge in [0.2, 0.25) is 0 Å². The summed E-state index contributed by atoms with van der Waals surface area (Å²) in [6.45, 7) is 2.40. The summed E-state index contributed by atoms with van der Waals surface area (Å²) in [5.41, 5.74) is 20.5. The van der Waals surface area contributed by atoms with Crippen LogP contribution in [0.3, 0.4) is 0 Å². The van der Waals surface area contributed by atoms with Crippen LogP contribution in [0.25, 0.3) is 55.3 Å². The topological polar surface area (TPSA) is 16.4 Å². The lowest BCUT2D eigenvalue weighted by atomic mass is 9.67. The number of fused-ring (bicyclic) bond motifs is 9. The molecule has 0 saturated heterocycles. The summed E-state index contributed by atoms with van der Waals surface area (Å²) in [6, 6.07) is 89.3. The van der Waals surface area contributed by atoms with Gasteiger partial charge in [-0.15, -0.1) is 0 Å². The van der Waals surface area contributed by atoms with Gasteiger partial charge in [0.25, 0.3) is 0 Å². The average Bonchev–Trinajstić information content (AvgIpc) is 3.99. The Morgan fingerprint density at radius 2 is 0.831 bits per heavy atom. The SMILES string of the molecule is CC1(c2ccccc2)c2ccccc2-c2ccc(N(c3cccc(-c4cccc5oc6ccccc6c45)c3)c3ccc4c(c3)C(c3ccccc3)(c3ccccc3)c3ccccc3-4)cc21. The normalized spacial score (nSPS) is 15.3. The third-order valence-corrected chi connectivity index (χ3v) is 14.4. The summed E-state index contributed by atoms with van der Waals surface area (Å²) < 4.78 is 6.41. The fraction of sp³-hybridized carbons (Fsp3) is 0.0476. The fourth-order valence-corrected chi connectivity index (χ4v) is 11.5. The Labute approximate surface area is 379 Å². The molecule has 0 N–H and O–H groups in total. The van der Waals surface area contributed by atoms with E-state index in [1.807, 2.05) is 6.07 Å². The van der Waals surface area contributed by atoms with Gasteiger partial charge in [-0.3, -0.25) is 0 Å². The van der Waals surface area contributed by atoms with Gasteiger partial charge in [0.05, 0.1) is 5.41 Å². The molecule has 1 heterocycles. The van der Waals surface area contributed by atoms with E-state index in [2.05, 4.69) is 248 Å². The second kappa shape index (κ2) is 14.4. The highest BCUT2D eigenvalue weighted by atomic mass is 16.3. The molecule has 0 saturated carbocycles. The summed E-state index contributed by atoms with van der Waals surface area (Å²) in [6.07, 6.45) is 0. The van der Waals surface area contributed by atoms with Crippen LogP contribution in [0.1, 0.15) is 45.9 Å². The standard InChI is InChI=1S/C63H43NO/c1-62(43-20-5-2-6-21-43)55-31-14-11-27-50(55)52-37-35-47(40-57(52)62)64(46-26-17-19-42(39-46)49-30-18-34-60-61(49)54-29-13-16-33-59(54)65-60)48-36-38-53-51-28-12-15-32-56(51)63(58(53)41-48,44-22-7-3-8-23-44)45-24-9-4-10-25-45/h2-41H,1H3. The van der Waals surface area contributed by atoms with Crippen molar-refractivity contribution in [3.63, 3.8) is 0 Å². The summed E-state index contributed by atoms with van der Waals surface area (Å²) in [7, 11) is 0. The highest BCUT2D eigenvalue weighted by Gasteiger charge is 2.46. The van der Waals surface area contributed by atoms with Crippen molar-refractivity contribution in [1.29, 1.82) is 0 Å². The van der Waals surface area contributed by atoms with Gasteiger partial charge in [-0.1, -0.05) is 194 Å². The zero-order valence-electron chi connectivity index (χ0n) is 35.9. The second-order valence-corrected chi connectivity index (χ2v) is 17.7. The summed E-state index contributed by atoms with van der Waals surface area (Å²) in [4.78, 5) is 2.48. The van der Waals surface area contributed by atoms with Crippen LogP contribution in [0.2, 0.25) is 0 Å². The lowest BCUT2D eigenvalue weighted by Gasteiger charge is -2.35. The molecular formula is C63H43NO. The molecule has 0 aliphatic heterocycles. The number of anilines is 3. The second-order valence-electron chi connectivity index (χ2n) is 17.7. The number of furan rings is 1. The van der Waals surface area contributed by atoms with E-state index in [-0.39, 0.29) is 5.41 Å². The number of rotatable bonds is 7. The number of para-hydroxylation sites is 1. The molecule has 2 heteroatoms. The Bertz CT molecular complexity index is 3580. The van der Waals surface area contributed by atoms with E-state index in [1.165, 1.54) is 61.2 Å². The minimum Gasteiger partial charge on any atom is -0.456 e. The first kappa shape index (κ1) is 37.4. The molecule has 1 unspecified atom stereocenters. The fourth-order valence-electron chi connectivity index (χ4n) is 11.5. The highest BCUT2D eigenvalue weighted by molar-refractivity contribution is 6.12. The number of hydrogen-bond acceptors (Lipinski definition) is 2. The minimum atomic E-state index is -0.540. The molecule has 0 bridgehead atoms. The first-order valence-corrected chi connectivity index (χ1v) is 22.6. The lowest BCUT2D eigenvalue weighted by Crippen LogP contribution is -2.28. The van der Waals surface area contributed by atoms with Gasteiger partial charge in [-0.25, -0.2) is 0 Å². The smallest absolute Gasteiger partial charge is 0.136 e. The quantitative estimate of drug-likeness (QED) is 0.159. The van der Waals surface area contributed by atoms with Crippen molar-refractivity contribution in [2.45, 2.75) is 17.8 Å². The van der Waals surface area contributed by atoms with Crippen molar-refractivity contribution < 1.29 is 4.42 Å². The van der Waals surface area contributed by atoms with E-state index in [1.54, 1.807) is 0 Å². The van der Waals surface area contributed by atoms with Crippen LogP contribution in [0, 0.1) is 0 Å². The van der Waals surface area contributed by atoms with E-state index in [9.17, 15) is 0 Å². The first-order valence-electron chi connectivity index (χ1n) is 22.6. The number of hydrogen-bond donors (Lipinski definition) is 0. The molecule has 65 heavy (non-hydrogen) atoms. The Morgan fingerprint density at radius 3 is 1.54 bits per heavy atom. The van der Waals surface area contributed by atoms with Crippen molar-refractivity contribution in [1.82, 2.24) is 0 Å². The Hall–Kier alpha value is -8.20. The molecule has 2 aliphatic rings. The molecule has 13 rings (SSSR count). The summed E-state index contributed by atoms with van der Waals surface area (Å²) in [5, 5.41) is 2.25. The maximum atomic E-state index is 6.41. The Kier molecular flexibility index (Phi) is 8.29. The molecule has 1 atom stereocenters. The van der Waals surface area contributed by atoms with Gasteiger partial charge in [-0.2, -0.15) is 0 Å². The zero-order valence-corrected chi connectivity index (χ0v) is 35.9. The van der Waals surface area contributed by atoms with Gasteiger partial charge in [0.1, 0.15) is 11.2 Å². The van der Waals surface area contributed by atoms with E-state index in [0.717, 1.165) is 50.1 Å². The van der Waals surface area contributed by atoms with Crippen LogP contribution in [-0.4, -0.2) is 0 Å². The molecule has 1 aromatic heterocycles. The van der Waals surface area contributed by atoms with Crippen LogP contribution in [0.5, 0.6) is 0 Å². The Morgan fingerprint density at radius 1 is 0.338 bits per heavy atom. The lowest BCUT2D eigenvalue weighted by molar-refractivity contribution is 0.669. The highest BCUT2D eigenvalue weighted by Crippen LogP contribution is 2.58. The van der Waals surface area contributed by atoms with E-state index in [0.29, 0.717) is 0 Å². The van der Waals surface area contributed by atoms with Crippen molar-refractivity contribution in [3.8, 4) is 33.4 Å². The molecule has 11 aromatic rings. The number of nitrogens with zero attached hydrogens (tertiary/aromatic N) is 1. The maximum absolute atomic E-state index is 6.41.